The lowest BCUT2D eigenvalue weighted by Crippen LogP contribution is -2.71. The number of hydrogen-bond acceptors (Lipinski definition) is 12. The number of aliphatic carboxylic acids is 1. The van der Waals surface area contributed by atoms with E-state index in [9.17, 15) is 34.2 Å². The predicted molar refractivity (Wildman–Crippen MR) is 145 cm³/mol. The molecule has 42 heavy (non-hydrogen) atoms. The van der Waals surface area contributed by atoms with E-state index in [4.69, 9.17) is 10.2 Å². The number of benzene rings is 1. The highest BCUT2D eigenvalue weighted by Gasteiger charge is 2.55. The van der Waals surface area contributed by atoms with Crippen molar-refractivity contribution in [3.05, 3.63) is 65.3 Å². The first-order valence-electron chi connectivity index (χ1n) is 12.1. The maximum Gasteiger partial charge on any atom is 0.352 e. The van der Waals surface area contributed by atoms with Crippen molar-refractivity contribution >= 4 is 53.2 Å². The van der Waals surface area contributed by atoms with Crippen LogP contribution in [0.15, 0.2) is 63.7 Å². The molecule has 0 aliphatic carbocycles. The van der Waals surface area contributed by atoms with E-state index in [0.717, 1.165) is 11.2 Å². The van der Waals surface area contributed by atoms with Crippen LogP contribution in [-0.2, 0) is 21.4 Å². The van der Waals surface area contributed by atoms with Crippen molar-refractivity contribution in [2.45, 2.75) is 22.6 Å². The number of fused-ring (bicyclic) bond motifs is 1. The summed E-state index contributed by atoms with van der Waals surface area (Å²) in [6.45, 7) is 0. The van der Waals surface area contributed by atoms with Gasteiger partial charge >= 0.3 is 12.0 Å². The zero-order chi connectivity index (χ0) is 30.1. The first kappa shape index (κ1) is 28.7. The average Bonchev–Trinajstić information content (AvgIpc) is 3.64. The van der Waals surface area contributed by atoms with E-state index >= 15 is 0 Å². The number of tetrazole rings is 1. The summed E-state index contributed by atoms with van der Waals surface area (Å²) < 4.78 is 6.35. The number of nitrogens with zero attached hydrogens (tertiary/aromatic N) is 6. The molecule has 0 radical (unpaired) electrons. The number of primary amides is 1. The summed E-state index contributed by atoms with van der Waals surface area (Å²) in [6, 6.07) is 2.45. The highest BCUT2D eigenvalue weighted by molar-refractivity contribution is 8.01. The Morgan fingerprint density at radius 1 is 1.31 bits per heavy atom. The number of phenols is 1. The fraction of sp³-hybridized carbons (Fsp3) is 0.250. The molecule has 3 aromatic rings. The minimum atomic E-state index is -1.69. The number of nitrogens with one attached hydrogen (secondary N) is 1. The van der Waals surface area contributed by atoms with Gasteiger partial charge in [0.15, 0.2) is 0 Å². The Bertz CT molecular complexity index is 1610. The first-order chi connectivity index (χ1) is 20.1. The van der Waals surface area contributed by atoms with Gasteiger partial charge in [0, 0.05) is 18.6 Å². The van der Waals surface area contributed by atoms with Crippen LogP contribution in [0.1, 0.15) is 22.0 Å². The normalized spacial score (nSPS) is 18.6. The SMILES string of the molecule is Cn1nnnc1SCC1=C(C(=O)O)N2C(=O)[C@H](NC(=O)C(c3cccc(O)c3)N(C(N)=O)C(=O)c3ccoc3)[C@@H]2SC1. The first-order valence-corrected chi connectivity index (χ1v) is 14.1. The minimum Gasteiger partial charge on any atom is -0.508 e. The number of carboxylic acid groups (broad SMARTS) is 1. The van der Waals surface area contributed by atoms with Crippen LogP contribution in [0.5, 0.6) is 5.75 Å². The molecule has 0 spiro atoms. The molecule has 5 rings (SSSR count). The number of carbonyl (C=O) groups excluding carboxylic acids is 4. The number of carboxylic acids is 1. The quantitative estimate of drug-likeness (QED) is 0.188. The predicted octanol–water partition coefficient (Wildman–Crippen LogP) is 0.302. The standard InChI is InChI=1S/C24H22N8O8S2/c1-30-24(27-28-29-30)42-10-13-9-41-21-15(20(36)31(21)17(13)22(37)38)26-18(34)16(11-3-2-4-14(33)7-11)32(23(25)39)19(35)12-5-6-40-8-12/h2-8,15-16,21,33H,9-10H2,1H3,(H2,25,39)(H,26,34)(H,37,38)/t15-,16?,21-/m0/s1. The van der Waals surface area contributed by atoms with E-state index < -0.39 is 47.2 Å². The summed E-state index contributed by atoms with van der Waals surface area (Å²) in [4.78, 5) is 66.4. The molecule has 0 saturated carbocycles. The molecule has 5 N–H and O–H groups in total. The largest absolute Gasteiger partial charge is 0.508 e. The van der Waals surface area contributed by atoms with Gasteiger partial charge in [0.25, 0.3) is 11.8 Å². The van der Waals surface area contributed by atoms with Crippen LogP contribution in [0.2, 0.25) is 0 Å². The number of imide groups is 1. The van der Waals surface area contributed by atoms with Crippen LogP contribution in [-0.4, -0.2) is 92.9 Å². The van der Waals surface area contributed by atoms with Gasteiger partial charge < -0.3 is 25.7 Å². The topological polar surface area (TPSA) is 227 Å². The second kappa shape index (κ2) is 11.6. The van der Waals surface area contributed by atoms with Gasteiger partial charge in [-0.05, 0) is 39.8 Å². The Morgan fingerprint density at radius 3 is 2.71 bits per heavy atom. The molecule has 1 fully saturated rings. The zero-order valence-corrected chi connectivity index (χ0v) is 23.2. The van der Waals surface area contributed by atoms with Crippen molar-refractivity contribution in [2.75, 3.05) is 11.5 Å². The number of nitrogens with two attached hydrogens (primary N) is 1. The number of urea groups is 1. The van der Waals surface area contributed by atoms with Gasteiger partial charge in [-0.2, -0.15) is 0 Å². The summed E-state index contributed by atoms with van der Waals surface area (Å²) in [7, 11) is 1.64. The van der Waals surface area contributed by atoms with Crippen molar-refractivity contribution < 1.29 is 38.6 Å². The number of aryl methyl sites for hydroxylation is 1. The van der Waals surface area contributed by atoms with Gasteiger partial charge in [0.2, 0.25) is 11.1 Å². The summed E-state index contributed by atoms with van der Waals surface area (Å²) in [6.07, 6.45) is 2.26. The summed E-state index contributed by atoms with van der Waals surface area (Å²) in [5.74, 6) is -3.71. The smallest absolute Gasteiger partial charge is 0.352 e. The van der Waals surface area contributed by atoms with Crippen LogP contribution in [0.3, 0.4) is 0 Å². The molecule has 3 atom stereocenters. The maximum atomic E-state index is 13.7. The lowest BCUT2D eigenvalue weighted by atomic mass is 9.99. The molecule has 18 heteroatoms. The van der Waals surface area contributed by atoms with E-state index in [0.29, 0.717) is 15.6 Å². The van der Waals surface area contributed by atoms with Crippen molar-refractivity contribution in [3.8, 4) is 5.75 Å². The molecular weight excluding hydrogens is 592 g/mol. The Labute approximate surface area is 244 Å². The van der Waals surface area contributed by atoms with Crippen LogP contribution in [0, 0.1) is 0 Å². The number of carbonyl (C=O) groups is 5. The molecule has 0 bridgehead atoms. The van der Waals surface area contributed by atoms with Crippen LogP contribution in [0.25, 0.3) is 0 Å². The van der Waals surface area contributed by atoms with Crippen molar-refractivity contribution in [2.24, 2.45) is 12.8 Å². The van der Waals surface area contributed by atoms with E-state index in [2.05, 4.69) is 20.8 Å². The molecule has 16 nitrogen and oxygen atoms in total. The van der Waals surface area contributed by atoms with Gasteiger partial charge in [-0.25, -0.2) is 19.2 Å². The third kappa shape index (κ3) is 5.28. The van der Waals surface area contributed by atoms with Crippen molar-refractivity contribution in [3.63, 3.8) is 0 Å². The Balaban J connectivity index is 1.40. The number of aromatic nitrogens is 4. The van der Waals surface area contributed by atoms with Crippen molar-refractivity contribution in [1.29, 1.82) is 0 Å². The number of aromatic hydroxyl groups is 1. The molecule has 5 amide bonds. The van der Waals surface area contributed by atoms with Gasteiger partial charge in [0.1, 0.15) is 35.2 Å². The number of furan rings is 1. The van der Waals surface area contributed by atoms with E-state index in [1.807, 2.05) is 0 Å². The number of thioether (sulfide) groups is 2. The Morgan fingerprint density at radius 2 is 2.10 bits per heavy atom. The summed E-state index contributed by atoms with van der Waals surface area (Å²) in [5.41, 5.74) is 5.77. The van der Waals surface area contributed by atoms with Gasteiger partial charge in [-0.15, -0.1) is 16.9 Å². The molecule has 1 unspecified atom stereocenters. The molecule has 1 aromatic carbocycles. The van der Waals surface area contributed by atoms with Gasteiger partial charge in [-0.1, -0.05) is 23.9 Å². The minimum absolute atomic E-state index is 0.0340. The van der Waals surface area contributed by atoms with E-state index in [1.165, 1.54) is 64.8 Å². The van der Waals surface area contributed by atoms with Crippen LogP contribution in [0.4, 0.5) is 4.79 Å². The number of phenolic OH excluding ortho intramolecular Hbond substituents is 1. The number of amides is 5. The molecule has 4 heterocycles. The number of β-lactam (4-membered cyclic amide) rings is 1. The number of hydrogen-bond donors (Lipinski definition) is 4. The van der Waals surface area contributed by atoms with Gasteiger partial charge in [0.05, 0.1) is 11.8 Å². The fourth-order valence-corrected chi connectivity index (χ4v) is 6.84. The molecule has 2 aliphatic rings. The van der Waals surface area contributed by atoms with E-state index in [1.54, 1.807) is 7.05 Å². The summed E-state index contributed by atoms with van der Waals surface area (Å²) in [5, 5.41) is 33.4. The molecule has 2 aromatic heterocycles. The molecule has 218 valence electrons. The van der Waals surface area contributed by atoms with Crippen molar-refractivity contribution in [1.82, 2.24) is 35.3 Å². The lowest BCUT2D eigenvalue weighted by molar-refractivity contribution is -0.151. The summed E-state index contributed by atoms with van der Waals surface area (Å²) >= 11 is 2.45. The lowest BCUT2D eigenvalue weighted by Gasteiger charge is -2.49. The highest BCUT2D eigenvalue weighted by atomic mass is 32.2. The monoisotopic (exact) mass is 614 g/mol. The third-order valence-electron chi connectivity index (χ3n) is 6.42. The Kier molecular flexibility index (Phi) is 7.90. The third-order valence-corrected chi connectivity index (χ3v) is 8.86. The number of rotatable bonds is 9. The maximum absolute atomic E-state index is 13.7. The molecule has 1 saturated heterocycles. The second-order valence-electron chi connectivity index (χ2n) is 9.05. The van der Waals surface area contributed by atoms with E-state index in [-0.39, 0.29) is 34.1 Å². The van der Waals surface area contributed by atoms with Crippen LogP contribution < -0.4 is 11.1 Å². The molecular formula is C24H22N8O8S2. The highest BCUT2D eigenvalue weighted by Crippen LogP contribution is 2.42. The van der Waals surface area contributed by atoms with Crippen LogP contribution >= 0.6 is 23.5 Å². The Hall–Kier alpha value is -4.84. The average molecular weight is 615 g/mol. The van der Waals surface area contributed by atoms with Gasteiger partial charge in [-0.3, -0.25) is 19.3 Å². The molecule has 2 aliphatic heterocycles. The zero-order valence-electron chi connectivity index (χ0n) is 21.6. The second-order valence-corrected chi connectivity index (χ2v) is 11.1. The fourth-order valence-electron chi connectivity index (χ4n) is 4.50.